The number of nitrogens with zero attached hydrogens (tertiary/aromatic N) is 2. The van der Waals surface area contributed by atoms with E-state index in [1.807, 2.05) is 43.6 Å². The Balaban J connectivity index is 1.57. The van der Waals surface area contributed by atoms with Crippen LogP contribution in [0.5, 0.6) is 0 Å². The predicted molar refractivity (Wildman–Crippen MR) is 120 cm³/mol. The molecule has 0 amide bonds. The number of aromatic nitrogens is 4. The average Bonchev–Trinajstić information content (AvgIpc) is 3.24. The summed E-state index contributed by atoms with van der Waals surface area (Å²) in [7, 11) is 2.00. The monoisotopic (exact) mass is 403 g/mol. The van der Waals surface area contributed by atoms with Crippen LogP contribution in [0.25, 0.3) is 21.8 Å². The van der Waals surface area contributed by atoms with Gasteiger partial charge < -0.3 is 25.9 Å². The largest absolute Gasteiger partial charge is 0.361 e. The highest BCUT2D eigenvalue weighted by Gasteiger charge is 2.25. The first-order chi connectivity index (χ1) is 14.7. The lowest BCUT2D eigenvalue weighted by molar-refractivity contribution is 0.360. The van der Waals surface area contributed by atoms with Gasteiger partial charge in [0.1, 0.15) is 11.2 Å². The number of pyridine rings is 1. The van der Waals surface area contributed by atoms with E-state index in [1.54, 1.807) is 6.20 Å². The molecule has 1 aromatic carbocycles. The van der Waals surface area contributed by atoms with Crippen LogP contribution in [-0.2, 0) is 0 Å². The molecule has 4 aromatic rings. The number of anilines is 3. The fourth-order valence-electron chi connectivity index (χ4n) is 4.38. The molecule has 1 fully saturated rings. The van der Waals surface area contributed by atoms with Crippen LogP contribution in [0.3, 0.4) is 0 Å². The number of likely N-dealkylation sites (N-methyl/N-ethyl adjacent to an activating group) is 1. The second-order valence-corrected chi connectivity index (χ2v) is 7.76. The molecule has 3 aromatic heterocycles. The van der Waals surface area contributed by atoms with Gasteiger partial charge in [-0.2, -0.15) is 4.98 Å². The summed E-state index contributed by atoms with van der Waals surface area (Å²) in [6.07, 6.45) is 8.12. The molecule has 8 nitrogen and oxygen atoms in total. The van der Waals surface area contributed by atoms with E-state index in [9.17, 15) is 4.79 Å². The smallest absolute Gasteiger partial charge is 0.261 e. The number of nitrogens with one attached hydrogen (secondary N) is 5. The molecule has 2 atom stereocenters. The van der Waals surface area contributed by atoms with Crippen LogP contribution in [0.2, 0.25) is 0 Å². The lowest BCUT2D eigenvalue weighted by Crippen LogP contribution is -2.44. The summed E-state index contributed by atoms with van der Waals surface area (Å²) in [5, 5.41) is 11.8. The second kappa shape index (κ2) is 7.79. The third-order valence-electron chi connectivity index (χ3n) is 5.92. The summed E-state index contributed by atoms with van der Waals surface area (Å²) >= 11 is 0. The van der Waals surface area contributed by atoms with E-state index in [-0.39, 0.29) is 11.6 Å². The van der Waals surface area contributed by atoms with Gasteiger partial charge in [0.25, 0.3) is 5.56 Å². The van der Waals surface area contributed by atoms with Crippen LogP contribution in [0.15, 0.2) is 47.5 Å². The Morgan fingerprint density at radius 3 is 2.70 bits per heavy atom. The van der Waals surface area contributed by atoms with Crippen LogP contribution in [0, 0.1) is 0 Å². The highest BCUT2D eigenvalue weighted by molar-refractivity contribution is 5.97. The van der Waals surface area contributed by atoms with Crippen molar-refractivity contribution < 1.29 is 0 Å². The van der Waals surface area contributed by atoms with Crippen molar-refractivity contribution in [2.45, 2.75) is 37.8 Å². The second-order valence-electron chi connectivity index (χ2n) is 7.76. The summed E-state index contributed by atoms with van der Waals surface area (Å²) < 4.78 is 0. The number of benzene rings is 1. The summed E-state index contributed by atoms with van der Waals surface area (Å²) in [5.74, 6) is 1.03. The zero-order chi connectivity index (χ0) is 20.5. The first-order valence-electron chi connectivity index (χ1n) is 10.4. The number of hydrogen-bond donors (Lipinski definition) is 5. The predicted octanol–water partition coefficient (Wildman–Crippen LogP) is 3.49. The Labute approximate surface area is 173 Å². The molecule has 0 bridgehead atoms. The molecule has 1 aliphatic carbocycles. The maximum absolute atomic E-state index is 12.6. The van der Waals surface area contributed by atoms with E-state index >= 15 is 0 Å². The summed E-state index contributed by atoms with van der Waals surface area (Å²) in [4.78, 5) is 27.9. The van der Waals surface area contributed by atoms with Gasteiger partial charge in [-0.15, -0.1) is 0 Å². The third-order valence-corrected chi connectivity index (χ3v) is 5.92. The van der Waals surface area contributed by atoms with Gasteiger partial charge in [-0.05, 0) is 44.2 Å². The maximum Gasteiger partial charge on any atom is 0.261 e. The van der Waals surface area contributed by atoms with Crippen molar-refractivity contribution in [1.29, 1.82) is 0 Å². The topological polar surface area (TPSA) is 111 Å². The minimum absolute atomic E-state index is 0.214. The van der Waals surface area contributed by atoms with Gasteiger partial charge in [-0.25, -0.2) is 4.98 Å². The molecule has 5 rings (SSSR count). The first-order valence-corrected chi connectivity index (χ1v) is 10.4. The van der Waals surface area contributed by atoms with E-state index in [1.165, 1.54) is 12.8 Å². The Hall–Kier alpha value is -3.39. The Kier molecular flexibility index (Phi) is 4.84. The van der Waals surface area contributed by atoms with Crippen LogP contribution in [0.4, 0.5) is 17.5 Å². The van der Waals surface area contributed by atoms with Crippen molar-refractivity contribution >= 4 is 39.3 Å². The number of H-pyrrole nitrogens is 2. The molecule has 3 heterocycles. The molecule has 1 aliphatic rings. The maximum atomic E-state index is 12.6. The number of hydrogen-bond acceptors (Lipinski definition) is 6. The summed E-state index contributed by atoms with van der Waals surface area (Å²) in [5.41, 5.74) is 2.30. The highest BCUT2D eigenvalue weighted by Crippen LogP contribution is 2.29. The van der Waals surface area contributed by atoms with E-state index in [4.69, 9.17) is 4.98 Å². The standard InChI is InChI=1S/C22H25N7O/c1-23-16-5-2-3-6-17(16)27-22-28-18-10-12-25-21(30)19(18)20(29-22)26-15-8-4-7-14-13(15)9-11-24-14/h4,7-12,16-17,23-24H,2-3,5-6H2,1H3,(H,25,30)(H2,26,27,28,29). The molecule has 5 N–H and O–H groups in total. The molecule has 0 spiro atoms. The van der Waals surface area contributed by atoms with Gasteiger partial charge in [-0.3, -0.25) is 4.79 Å². The molecular formula is C22H25N7O. The lowest BCUT2D eigenvalue weighted by Gasteiger charge is -2.32. The molecule has 30 heavy (non-hydrogen) atoms. The first kappa shape index (κ1) is 18.6. The number of fused-ring (bicyclic) bond motifs is 2. The molecule has 0 radical (unpaired) electrons. The van der Waals surface area contributed by atoms with Crippen molar-refractivity contribution in [1.82, 2.24) is 25.3 Å². The molecule has 154 valence electrons. The van der Waals surface area contributed by atoms with Crippen LogP contribution >= 0.6 is 0 Å². The Morgan fingerprint density at radius 2 is 1.83 bits per heavy atom. The van der Waals surface area contributed by atoms with Crippen LogP contribution in [-0.4, -0.2) is 39.1 Å². The molecule has 0 saturated heterocycles. The van der Waals surface area contributed by atoms with Gasteiger partial charge in [0.2, 0.25) is 5.95 Å². The van der Waals surface area contributed by atoms with Crippen LogP contribution in [0.1, 0.15) is 25.7 Å². The van der Waals surface area contributed by atoms with Crippen molar-refractivity contribution in [3.05, 3.63) is 53.1 Å². The van der Waals surface area contributed by atoms with Crippen molar-refractivity contribution in [2.75, 3.05) is 17.7 Å². The molecule has 1 saturated carbocycles. The van der Waals surface area contributed by atoms with E-state index < -0.39 is 0 Å². The zero-order valence-corrected chi connectivity index (χ0v) is 16.8. The summed E-state index contributed by atoms with van der Waals surface area (Å²) in [6.45, 7) is 0. The minimum Gasteiger partial charge on any atom is -0.361 e. The minimum atomic E-state index is -0.214. The third kappa shape index (κ3) is 3.39. The van der Waals surface area contributed by atoms with Crippen molar-refractivity contribution in [3.8, 4) is 0 Å². The fourth-order valence-corrected chi connectivity index (χ4v) is 4.38. The van der Waals surface area contributed by atoms with E-state index in [0.29, 0.717) is 28.7 Å². The quantitative estimate of drug-likeness (QED) is 0.349. The Bertz CT molecular complexity index is 1250. The van der Waals surface area contributed by atoms with E-state index in [0.717, 1.165) is 29.4 Å². The van der Waals surface area contributed by atoms with Gasteiger partial charge in [0.15, 0.2) is 0 Å². The van der Waals surface area contributed by atoms with Gasteiger partial charge in [0, 0.05) is 41.1 Å². The van der Waals surface area contributed by atoms with Gasteiger partial charge in [0.05, 0.1) is 5.52 Å². The molecule has 2 unspecified atom stereocenters. The number of rotatable bonds is 5. The Morgan fingerprint density at radius 1 is 1.00 bits per heavy atom. The number of aromatic amines is 2. The van der Waals surface area contributed by atoms with Gasteiger partial charge >= 0.3 is 0 Å². The fraction of sp³-hybridized carbons (Fsp3) is 0.318. The van der Waals surface area contributed by atoms with Crippen molar-refractivity contribution in [3.63, 3.8) is 0 Å². The van der Waals surface area contributed by atoms with Gasteiger partial charge in [-0.1, -0.05) is 18.9 Å². The molecular weight excluding hydrogens is 378 g/mol. The zero-order valence-electron chi connectivity index (χ0n) is 16.8. The normalized spacial score (nSPS) is 19.2. The SMILES string of the molecule is CNC1CCCCC1Nc1nc(Nc2cccc3[nH]ccc23)c2c(=O)[nH]ccc2n1. The molecule has 8 heteroatoms. The van der Waals surface area contributed by atoms with E-state index in [2.05, 4.69) is 30.9 Å². The van der Waals surface area contributed by atoms with Crippen LogP contribution < -0.4 is 21.5 Å². The summed E-state index contributed by atoms with van der Waals surface area (Å²) in [6, 6.07) is 10.4. The van der Waals surface area contributed by atoms with Crippen molar-refractivity contribution in [2.24, 2.45) is 0 Å². The lowest BCUT2D eigenvalue weighted by atomic mass is 9.90. The average molecular weight is 403 g/mol. The highest BCUT2D eigenvalue weighted by atomic mass is 16.1. The molecule has 0 aliphatic heterocycles.